The van der Waals surface area contributed by atoms with E-state index >= 15 is 0 Å². The Labute approximate surface area is 114 Å². The average molecular weight is 558 g/mol. The standard InChI is InChI=1S/C5H10I2O.HI.Zr/c6-4-2-1-3-5(7)8;;/h5,8H,1-4H2;1H;/q;;+1/p-1. The number of aliphatic hydroxyl groups is 1. The summed E-state index contributed by atoms with van der Waals surface area (Å²) < 4.78 is 1.08. The summed E-state index contributed by atoms with van der Waals surface area (Å²) in [6.07, 6.45) is 3.34. The van der Waals surface area contributed by atoms with Crippen LogP contribution in [0.5, 0.6) is 0 Å². The van der Waals surface area contributed by atoms with E-state index < -0.39 is 0 Å². The third-order valence-corrected chi connectivity index (χ3v) is 2.21. The maximum absolute atomic E-state index is 8.76. The summed E-state index contributed by atoms with van der Waals surface area (Å²) in [5, 5.41) is 8.76. The Hall–Kier alpha value is 3.03. The topological polar surface area (TPSA) is 20.2 Å². The molecular weight excluding hydrogens is 548 g/mol. The molecule has 0 heterocycles. The van der Waals surface area contributed by atoms with Gasteiger partial charge in [-0.3, -0.25) is 0 Å². The first-order valence-electron chi connectivity index (χ1n) is 2.84. The summed E-state index contributed by atoms with van der Waals surface area (Å²) in [5.41, 5.74) is 0. The molecule has 0 aliphatic heterocycles. The first-order chi connectivity index (χ1) is 4.77. The van der Waals surface area contributed by atoms with Crippen LogP contribution in [0.1, 0.15) is 19.3 Å². The first-order valence-corrected chi connectivity index (χ1v) is 12.9. The minimum absolute atomic E-state index is 0.129. The predicted molar refractivity (Wildman–Crippen MR) is 66.8 cm³/mol. The monoisotopic (exact) mass is 557 g/mol. The van der Waals surface area contributed by atoms with Crippen molar-refractivity contribution >= 4 is 63.2 Å². The number of halogens is 3. The Morgan fingerprint density at radius 3 is 2.10 bits per heavy atom. The molecule has 1 unspecified atom stereocenters. The Balaban J connectivity index is 0. The van der Waals surface area contributed by atoms with Gasteiger partial charge in [0.05, 0.1) is 0 Å². The summed E-state index contributed by atoms with van der Waals surface area (Å²) >= 11 is 8.15. The van der Waals surface area contributed by atoms with Gasteiger partial charge in [-0.2, -0.15) is 0 Å². The van der Waals surface area contributed by atoms with Crippen molar-refractivity contribution in [3.05, 3.63) is 0 Å². The first kappa shape index (κ1) is 15.5. The van der Waals surface area contributed by atoms with Crippen molar-refractivity contribution < 1.29 is 25.6 Å². The maximum atomic E-state index is 8.76. The zero-order valence-electron chi connectivity index (χ0n) is 5.49. The summed E-state index contributed by atoms with van der Waals surface area (Å²) in [5.74, 6) is 0. The molecule has 0 fully saturated rings. The van der Waals surface area contributed by atoms with Crippen LogP contribution in [0.4, 0.5) is 0 Å². The van der Waals surface area contributed by atoms with E-state index in [1.54, 1.807) is 0 Å². The van der Waals surface area contributed by atoms with Crippen molar-refractivity contribution in [1.82, 2.24) is 0 Å². The minimum atomic E-state index is -0.129. The van der Waals surface area contributed by atoms with Crippen LogP contribution in [-0.2, 0) is 20.5 Å². The molecule has 0 aliphatic rings. The third kappa shape index (κ3) is 17.2. The zero-order chi connectivity index (χ0) is 8.41. The van der Waals surface area contributed by atoms with Gasteiger partial charge in [-0.15, -0.1) is 0 Å². The molecular formula is C5H10I3OZr. The van der Waals surface area contributed by atoms with Gasteiger partial charge in [-0.1, -0.05) is 45.2 Å². The Kier molecular flexibility index (Phi) is 22.6. The second-order valence-corrected chi connectivity index (χ2v) is 4.14. The average Bonchev–Trinajstić information content (AvgIpc) is 1.92. The Bertz CT molecular complexity index is 54.2. The van der Waals surface area contributed by atoms with E-state index in [0.717, 1.165) is 12.8 Å². The normalized spacial score (nSPS) is 11.5. The molecule has 5 heteroatoms. The number of rotatable bonds is 4. The van der Waals surface area contributed by atoms with Crippen molar-refractivity contribution in [3.63, 3.8) is 0 Å². The van der Waals surface area contributed by atoms with Gasteiger partial charge in [0.25, 0.3) is 0 Å². The molecule has 0 amide bonds. The van der Waals surface area contributed by atoms with Gasteiger partial charge < -0.3 is 5.11 Å². The van der Waals surface area contributed by atoms with Crippen molar-refractivity contribution in [2.24, 2.45) is 0 Å². The van der Waals surface area contributed by atoms with Crippen molar-refractivity contribution in [2.75, 3.05) is 4.43 Å². The van der Waals surface area contributed by atoms with E-state index in [1.807, 2.05) is 22.6 Å². The Morgan fingerprint density at radius 1 is 1.30 bits per heavy atom. The fourth-order valence-electron chi connectivity index (χ4n) is 0.407. The van der Waals surface area contributed by atoms with Crippen molar-refractivity contribution in [3.8, 4) is 0 Å². The van der Waals surface area contributed by atoms with E-state index in [0.29, 0.717) is 0 Å². The van der Waals surface area contributed by atoms with Gasteiger partial charge in [0.15, 0.2) is 0 Å². The van der Waals surface area contributed by atoms with Crippen LogP contribution in [0.3, 0.4) is 0 Å². The van der Waals surface area contributed by atoms with E-state index in [2.05, 4.69) is 40.6 Å². The number of unbranched alkanes of at least 4 members (excludes halogenated alkanes) is 1. The number of alkyl halides is 2. The van der Waals surface area contributed by atoms with Gasteiger partial charge in [-0.05, 0) is 23.7 Å². The summed E-state index contributed by atoms with van der Waals surface area (Å²) in [7, 11) is 0. The fraction of sp³-hybridized carbons (Fsp3) is 1.00. The fourth-order valence-corrected chi connectivity index (χ4v) is 1.39. The van der Waals surface area contributed by atoms with Crippen LogP contribution in [0.25, 0.3) is 0 Å². The second kappa shape index (κ2) is 14.6. The molecule has 0 aromatic heterocycles. The van der Waals surface area contributed by atoms with E-state index in [4.69, 9.17) is 5.11 Å². The molecule has 0 bridgehead atoms. The van der Waals surface area contributed by atoms with E-state index in [9.17, 15) is 0 Å². The van der Waals surface area contributed by atoms with Gasteiger partial charge in [0.2, 0.25) is 0 Å². The molecule has 1 nitrogen and oxygen atoms in total. The Morgan fingerprint density at radius 2 is 1.80 bits per heavy atom. The number of hydrogen-bond donors (Lipinski definition) is 1. The number of aliphatic hydroxyl groups excluding tert-OH is 1. The summed E-state index contributed by atoms with van der Waals surface area (Å²) in [4.78, 5) is 0. The van der Waals surface area contributed by atoms with Gasteiger partial charge in [-0.25, -0.2) is 0 Å². The SMILES string of the molecule is OC(I)CCCCI.[Zr][I]. The molecule has 0 spiro atoms. The molecule has 0 radical (unpaired) electrons. The van der Waals surface area contributed by atoms with Gasteiger partial charge in [0, 0.05) is 0 Å². The third-order valence-electron chi connectivity index (χ3n) is 0.826. The van der Waals surface area contributed by atoms with Crippen LogP contribution >= 0.6 is 63.2 Å². The molecule has 0 rings (SSSR count). The summed E-state index contributed by atoms with van der Waals surface area (Å²) in [6.45, 7) is 0. The van der Waals surface area contributed by atoms with Crippen LogP contribution in [-0.4, -0.2) is 13.6 Å². The quantitative estimate of drug-likeness (QED) is 0.320. The van der Waals surface area contributed by atoms with Crippen LogP contribution in [0.2, 0.25) is 0 Å². The molecule has 0 saturated carbocycles. The van der Waals surface area contributed by atoms with Crippen molar-refractivity contribution in [2.45, 2.75) is 23.4 Å². The van der Waals surface area contributed by atoms with Crippen molar-refractivity contribution in [1.29, 1.82) is 0 Å². The van der Waals surface area contributed by atoms with Gasteiger partial charge in [0.1, 0.15) is 4.11 Å². The molecule has 1 atom stereocenters. The molecule has 0 saturated heterocycles. The molecule has 0 aromatic rings. The van der Waals surface area contributed by atoms with Crippen LogP contribution in [0, 0.1) is 0 Å². The number of hydrogen-bond acceptors (Lipinski definition) is 1. The molecule has 0 aliphatic carbocycles. The van der Waals surface area contributed by atoms with E-state index in [1.165, 1.54) is 31.4 Å². The molecule has 0 aromatic carbocycles. The van der Waals surface area contributed by atoms with Crippen LogP contribution < -0.4 is 0 Å². The molecule has 1 N–H and O–H groups in total. The van der Waals surface area contributed by atoms with E-state index in [-0.39, 0.29) is 4.11 Å². The van der Waals surface area contributed by atoms with Crippen LogP contribution in [0.15, 0.2) is 0 Å². The second-order valence-electron chi connectivity index (χ2n) is 1.62. The van der Waals surface area contributed by atoms with Gasteiger partial charge >= 0.3 is 38.6 Å². The molecule has 61 valence electrons. The predicted octanol–water partition coefficient (Wildman–Crippen LogP) is 3.23. The summed E-state index contributed by atoms with van der Waals surface area (Å²) in [6, 6.07) is 0. The molecule has 10 heavy (non-hydrogen) atoms. The zero-order valence-corrected chi connectivity index (χ0v) is 14.4.